The van der Waals surface area contributed by atoms with E-state index in [1.807, 2.05) is 19.9 Å². The van der Waals surface area contributed by atoms with Gasteiger partial charge in [-0.2, -0.15) is 5.10 Å². The fourth-order valence-electron chi connectivity index (χ4n) is 1.71. The number of nitrogens with two attached hydrogens (primary N) is 1. The number of non-ortho nitro benzene ring substituents is 1. The number of aryl methyl sites for hydroxylation is 1. The molecule has 0 saturated heterocycles. The molecule has 0 radical (unpaired) electrons. The number of aromatic amines is 1. The predicted molar refractivity (Wildman–Crippen MR) is 64.6 cm³/mol. The van der Waals surface area contributed by atoms with Gasteiger partial charge in [-0.05, 0) is 25.5 Å². The number of nitro benzene ring substituents is 1. The second kappa shape index (κ2) is 3.89. The zero-order chi connectivity index (χ0) is 12.6. The van der Waals surface area contributed by atoms with E-state index in [0.717, 1.165) is 16.7 Å². The van der Waals surface area contributed by atoms with E-state index in [1.54, 1.807) is 0 Å². The molecule has 1 aromatic carbocycles. The lowest BCUT2D eigenvalue weighted by Crippen LogP contribution is -1.91. The van der Waals surface area contributed by atoms with Gasteiger partial charge in [0.25, 0.3) is 5.69 Å². The average molecular weight is 232 g/mol. The molecule has 0 amide bonds. The molecule has 0 unspecified atom stereocenters. The minimum atomic E-state index is -0.411. The molecule has 0 saturated carbocycles. The maximum atomic E-state index is 10.8. The molecular formula is C11H12N4O2. The summed E-state index contributed by atoms with van der Waals surface area (Å²) in [5.41, 5.74) is 8.76. The Bertz CT molecular complexity index is 589. The molecular weight excluding hydrogens is 220 g/mol. The van der Waals surface area contributed by atoms with Crippen LogP contribution >= 0.6 is 0 Å². The fourth-order valence-corrected chi connectivity index (χ4v) is 1.71. The number of nitrogens with zero attached hydrogens (tertiary/aromatic N) is 2. The lowest BCUT2D eigenvalue weighted by molar-refractivity contribution is -0.384. The van der Waals surface area contributed by atoms with Crippen molar-refractivity contribution in [3.8, 4) is 11.3 Å². The first kappa shape index (κ1) is 11.1. The fraction of sp³-hybridized carbons (Fsp3) is 0.182. The minimum Gasteiger partial charge on any atom is -0.382 e. The highest BCUT2D eigenvalue weighted by molar-refractivity contribution is 5.70. The van der Waals surface area contributed by atoms with Gasteiger partial charge in [0.2, 0.25) is 0 Å². The molecule has 0 fully saturated rings. The van der Waals surface area contributed by atoms with Gasteiger partial charge in [0, 0.05) is 23.3 Å². The summed E-state index contributed by atoms with van der Waals surface area (Å²) in [5, 5.41) is 17.4. The Hall–Kier alpha value is -2.37. The molecule has 0 aliphatic rings. The number of nitro groups is 1. The van der Waals surface area contributed by atoms with Crippen molar-refractivity contribution >= 4 is 11.5 Å². The summed E-state index contributed by atoms with van der Waals surface area (Å²) in [6.07, 6.45) is 0. The number of rotatable bonds is 2. The van der Waals surface area contributed by atoms with Crippen LogP contribution in [0.2, 0.25) is 0 Å². The van der Waals surface area contributed by atoms with Crippen LogP contribution in [-0.2, 0) is 0 Å². The molecule has 6 nitrogen and oxygen atoms in total. The second-order valence-electron chi connectivity index (χ2n) is 3.92. The molecule has 3 N–H and O–H groups in total. The Morgan fingerprint density at radius 3 is 2.59 bits per heavy atom. The van der Waals surface area contributed by atoms with Crippen LogP contribution in [-0.4, -0.2) is 15.1 Å². The maximum absolute atomic E-state index is 10.8. The van der Waals surface area contributed by atoms with E-state index in [4.69, 9.17) is 5.73 Å². The van der Waals surface area contributed by atoms with Crippen molar-refractivity contribution in [2.75, 3.05) is 5.73 Å². The van der Waals surface area contributed by atoms with E-state index in [1.165, 1.54) is 12.1 Å². The van der Waals surface area contributed by atoms with Crippen LogP contribution in [0.25, 0.3) is 11.3 Å². The normalized spacial score (nSPS) is 10.5. The van der Waals surface area contributed by atoms with Crippen molar-refractivity contribution in [2.45, 2.75) is 13.8 Å². The van der Waals surface area contributed by atoms with Crippen LogP contribution in [0.15, 0.2) is 18.2 Å². The van der Waals surface area contributed by atoms with Crippen LogP contribution in [0.4, 0.5) is 11.5 Å². The van der Waals surface area contributed by atoms with Crippen LogP contribution in [0, 0.1) is 24.0 Å². The topological polar surface area (TPSA) is 97.8 Å². The van der Waals surface area contributed by atoms with E-state index >= 15 is 0 Å². The molecule has 2 aromatic rings. The number of nitrogen functional groups attached to an aromatic ring is 1. The third kappa shape index (κ3) is 1.96. The van der Waals surface area contributed by atoms with Crippen molar-refractivity contribution in [3.05, 3.63) is 39.4 Å². The average Bonchev–Trinajstić information content (AvgIpc) is 2.59. The Kier molecular flexibility index (Phi) is 2.55. The van der Waals surface area contributed by atoms with E-state index in [2.05, 4.69) is 10.2 Å². The SMILES string of the molecule is Cc1cc(-c2[nH]nc(N)c2C)cc([N+](=O)[O-])c1. The van der Waals surface area contributed by atoms with E-state index in [0.29, 0.717) is 11.5 Å². The molecule has 88 valence electrons. The quantitative estimate of drug-likeness (QED) is 0.612. The smallest absolute Gasteiger partial charge is 0.270 e. The monoisotopic (exact) mass is 232 g/mol. The summed E-state index contributed by atoms with van der Waals surface area (Å²) in [6, 6.07) is 4.89. The molecule has 0 aliphatic carbocycles. The Balaban J connectivity index is 2.60. The van der Waals surface area contributed by atoms with Crippen molar-refractivity contribution in [1.82, 2.24) is 10.2 Å². The van der Waals surface area contributed by atoms with Crippen molar-refractivity contribution < 1.29 is 4.92 Å². The summed E-state index contributed by atoms with van der Waals surface area (Å²) in [7, 11) is 0. The van der Waals surface area contributed by atoms with Gasteiger partial charge in [0.15, 0.2) is 0 Å². The van der Waals surface area contributed by atoms with Gasteiger partial charge in [0.1, 0.15) is 5.82 Å². The van der Waals surface area contributed by atoms with Gasteiger partial charge in [-0.15, -0.1) is 0 Å². The van der Waals surface area contributed by atoms with Crippen molar-refractivity contribution in [2.24, 2.45) is 0 Å². The van der Waals surface area contributed by atoms with Crippen LogP contribution in [0.3, 0.4) is 0 Å². The summed E-state index contributed by atoms with van der Waals surface area (Å²) < 4.78 is 0. The summed E-state index contributed by atoms with van der Waals surface area (Å²) in [5.74, 6) is 0.407. The zero-order valence-electron chi connectivity index (χ0n) is 9.52. The number of aromatic nitrogens is 2. The third-order valence-electron chi connectivity index (χ3n) is 2.61. The molecule has 0 spiro atoms. The highest BCUT2D eigenvalue weighted by atomic mass is 16.6. The number of hydrogen-bond donors (Lipinski definition) is 2. The van der Waals surface area contributed by atoms with Crippen LogP contribution < -0.4 is 5.73 Å². The molecule has 2 rings (SSSR count). The number of benzene rings is 1. The van der Waals surface area contributed by atoms with Crippen LogP contribution in [0.5, 0.6) is 0 Å². The summed E-state index contributed by atoms with van der Waals surface area (Å²) >= 11 is 0. The molecule has 17 heavy (non-hydrogen) atoms. The first-order valence-corrected chi connectivity index (χ1v) is 5.06. The Labute approximate surface area is 97.6 Å². The molecule has 1 heterocycles. The largest absolute Gasteiger partial charge is 0.382 e. The lowest BCUT2D eigenvalue weighted by Gasteiger charge is -2.02. The van der Waals surface area contributed by atoms with Gasteiger partial charge >= 0.3 is 0 Å². The molecule has 0 atom stereocenters. The van der Waals surface area contributed by atoms with Gasteiger partial charge in [-0.3, -0.25) is 15.2 Å². The number of H-pyrrole nitrogens is 1. The first-order chi connectivity index (χ1) is 7.99. The van der Waals surface area contributed by atoms with Crippen molar-refractivity contribution in [1.29, 1.82) is 0 Å². The maximum Gasteiger partial charge on any atom is 0.270 e. The number of hydrogen-bond acceptors (Lipinski definition) is 4. The highest BCUT2D eigenvalue weighted by Gasteiger charge is 2.13. The second-order valence-corrected chi connectivity index (χ2v) is 3.92. The van der Waals surface area contributed by atoms with Gasteiger partial charge in [-0.1, -0.05) is 0 Å². The third-order valence-corrected chi connectivity index (χ3v) is 2.61. The summed E-state index contributed by atoms with van der Waals surface area (Å²) in [6.45, 7) is 3.63. The molecule has 1 aromatic heterocycles. The Morgan fingerprint density at radius 2 is 2.06 bits per heavy atom. The van der Waals surface area contributed by atoms with Gasteiger partial charge in [0.05, 0.1) is 10.6 Å². The molecule has 6 heteroatoms. The van der Waals surface area contributed by atoms with Crippen molar-refractivity contribution in [3.63, 3.8) is 0 Å². The minimum absolute atomic E-state index is 0.0626. The van der Waals surface area contributed by atoms with Gasteiger partial charge < -0.3 is 5.73 Å². The zero-order valence-corrected chi connectivity index (χ0v) is 9.52. The first-order valence-electron chi connectivity index (χ1n) is 5.06. The molecule has 0 bridgehead atoms. The van der Waals surface area contributed by atoms with E-state index in [-0.39, 0.29) is 5.69 Å². The van der Waals surface area contributed by atoms with Crippen LogP contribution in [0.1, 0.15) is 11.1 Å². The highest BCUT2D eigenvalue weighted by Crippen LogP contribution is 2.28. The number of nitrogens with one attached hydrogen (secondary N) is 1. The standard InChI is InChI=1S/C11H12N4O2/c1-6-3-8(5-9(4-6)15(16)17)10-7(2)11(12)14-13-10/h3-5H,1-2H3,(H3,12,13,14). The van der Waals surface area contributed by atoms with E-state index in [9.17, 15) is 10.1 Å². The number of anilines is 1. The van der Waals surface area contributed by atoms with Gasteiger partial charge in [-0.25, -0.2) is 0 Å². The van der Waals surface area contributed by atoms with E-state index < -0.39 is 4.92 Å². The predicted octanol–water partition coefficient (Wildman–Crippen LogP) is 2.18. The Morgan fingerprint density at radius 1 is 1.35 bits per heavy atom. The molecule has 0 aliphatic heterocycles. The summed E-state index contributed by atoms with van der Waals surface area (Å²) in [4.78, 5) is 10.4. The lowest BCUT2D eigenvalue weighted by atomic mass is 10.0.